The van der Waals surface area contributed by atoms with Crippen molar-refractivity contribution in [2.24, 2.45) is 0 Å². The number of hydrogen-bond donors (Lipinski definition) is 0. The number of anilines is 3. The SMILES string of the molecule is Cc1ccc(OCCCOc2ccc(-c3ccc4c(c3)-c3cc(C(C)(C)C)cc5c3B4c3cccc4c3N5c3cc(C(C)(C)C)cc5c3B4c3ccc(-c4ccc(OCCCOc6ccc(C)o6)cc4)cc3-5)cc2)o1. The number of ether oxygens (including phenoxy) is 4. The van der Waals surface area contributed by atoms with Gasteiger partial charge in [-0.1, -0.05) is 131 Å². The number of para-hydroxylation sites is 1. The van der Waals surface area contributed by atoms with E-state index in [-0.39, 0.29) is 24.3 Å². The number of aryl methyl sites for hydroxylation is 2. The summed E-state index contributed by atoms with van der Waals surface area (Å²) in [5.41, 5.74) is 24.8. The Morgan fingerprint density at radius 2 is 0.827 bits per heavy atom. The predicted octanol–water partition coefficient (Wildman–Crippen LogP) is 12.2. The molecule has 372 valence electrons. The average Bonchev–Trinajstić information content (AvgIpc) is 4.19. The third kappa shape index (κ3) is 8.23. The first kappa shape index (κ1) is 47.0. The van der Waals surface area contributed by atoms with Crippen molar-refractivity contribution in [2.45, 2.75) is 79.1 Å². The van der Waals surface area contributed by atoms with Crippen molar-refractivity contribution in [2.75, 3.05) is 31.3 Å². The van der Waals surface area contributed by atoms with Crippen LogP contribution in [-0.4, -0.2) is 39.9 Å². The van der Waals surface area contributed by atoms with Gasteiger partial charge in [-0.05, 0) is 163 Å². The van der Waals surface area contributed by atoms with Crippen molar-refractivity contribution >= 4 is 63.3 Å². The molecule has 0 bridgehead atoms. The van der Waals surface area contributed by atoms with Gasteiger partial charge in [0.05, 0.1) is 26.4 Å². The minimum absolute atomic E-state index is 0.0829. The van der Waals surface area contributed by atoms with Crippen LogP contribution < -0.4 is 56.6 Å². The zero-order valence-corrected chi connectivity index (χ0v) is 44.2. The summed E-state index contributed by atoms with van der Waals surface area (Å²) in [6.07, 6.45) is 1.51. The smallest absolute Gasteiger partial charge is 0.284 e. The fraction of sp³-hybridized carbons (Fsp3) is 0.242. The number of hydrogen-bond acceptors (Lipinski definition) is 7. The molecule has 0 spiro atoms. The highest BCUT2D eigenvalue weighted by Gasteiger charge is 2.50. The molecule has 9 heteroatoms. The Labute approximate surface area is 441 Å². The van der Waals surface area contributed by atoms with Gasteiger partial charge in [0.15, 0.2) is 0 Å². The zero-order valence-electron chi connectivity index (χ0n) is 44.2. The Morgan fingerprint density at radius 1 is 0.413 bits per heavy atom. The first-order chi connectivity index (χ1) is 36.2. The Hall–Kier alpha value is -7.77. The van der Waals surface area contributed by atoms with E-state index in [1.807, 2.05) is 38.1 Å². The molecule has 0 fully saturated rings. The number of rotatable bonds is 14. The monoisotopic (exact) mass is 985 g/mol. The van der Waals surface area contributed by atoms with Crippen LogP contribution in [0.1, 0.15) is 77.0 Å². The van der Waals surface area contributed by atoms with E-state index >= 15 is 0 Å². The van der Waals surface area contributed by atoms with Crippen LogP contribution in [0, 0.1) is 13.8 Å². The highest BCUT2D eigenvalue weighted by molar-refractivity contribution is 7.05. The van der Waals surface area contributed by atoms with Gasteiger partial charge in [-0.2, -0.15) is 0 Å². The van der Waals surface area contributed by atoms with Gasteiger partial charge in [0, 0.05) is 42.0 Å². The van der Waals surface area contributed by atoms with E-state index in [1.165, 1.54) is 105 Å². The lowest BCUT2D eigenvalue weighted by molar-refractivity contribution is 0.207. The fourth-order valence-electron chi connectivity index (χ4n) is 11.9. The van der Waals surface area contributed by atoms with Crippen LogP contribution in [0.5, 0.6) is 23.4 Å². The number of fused-ring (bicyclic) bond motifs is 10. The van der Waals surface area contributed by atoms with E-state index in [0.717, 1.165) is 35.9 Å². The van der Waals surface area contributed by atoms with Crippen molar-refractivity contribution in [3.8, 4) is 67.9 Å². The van der Waals surface area contributed by atoms with E-state index in [2.05, 4.69) is 174 Å². The molecule has 7 aromatic carbocycles. The molecule has 0 saturated heterocycles. The van der Waals surface area contributed by atoms with Crippen LogP contribution in [-0.2, 0) is 10.8 Å². The van der Waals surface area contributed by atoms with Gasteiger partial charge in [-0.3, -0.25) is 0 Å². The Kier molecular flexibility index (Phi) is 11.3. The maximum Gasteiger partial charge on any atom is 0.284 e. The Bertz CT molecular complexity index is 3450. The summed E-state index contributed by atoms with van der Waals surface area (Å²) in [5.74, 6) is 4.48. The second kappa shape index (κ2) is 18.0. The van der Waals surface area contributed by atoms with Crippen molar-refractivity contribution < 1.29 is 27.8 Å². The number of furan rings is 2. The highest BCUT2D eigenvalue weighted by atomic mass is 16.6. The summed E-state index contributed by atoms with van der Waals surface area (Å²) < 4.78 is 34.8. The van der Waals surface area contributed by atoms with Crippen LogP contribution in [0.2, 0.25) is 0 Å². The molecule has 9 aromatic rings. The van der Waals surface area contributed by atoms with Crippen LogP contribution in [0.3, 0.4) is 0 Å². The van der Waals surface area contributed by atoms with Gasteiger partial charge in [-0.25, -0.2) is 0 Å². The average molecular weight is 986 g/mol. The molecule has 0 unspecified atom stereocenters. The number of benzene rings is 7. The molecule has 0 aliphatic carbocycles. The summed E-state index contributed by atoms with van der Waals surface area (Å²) in [6, 6.07) is 56.2. The van der Waals surface area contributed by atoms with Gasteiger partial charge < -0.3 is 32.7 Å². The van der Waals surface area contributed by atoms with E-state index in [0.29, 0.717) is 38.3 Å². The molecule has 0 radical (unpaired) electrons. The highest BCUT2D eigenvalue weighted by Crippen LogP contribution is 2.48. The molecule has 0 saturated carbocycles. The van der Waals surface area contributed by atoms with Gasteiger partial charge in [0.1, 0.15) is 23.0 Å². The maximum absolute atomic E-state index is 6.14. The second-order valence-corrected chi connectivity index (χ2v) is 22.9. The fourth-order valence-corrected chi connectivity index (χ4v) is 11.9. The maximum atomic E-state index is 6.14. The van der Waals surface area contributed by atoms with Gasteiger partial charge >= 0.3 is 0 Å². The predicted molar refractivity (Wildman–Crippen MR) is 308 cm³/mol. The summed E-state index contributed by atoms with van der Waals surface area (Å²) >= 11 is 0. The van der Waals surface area contributed by atoms with Crippen molar-refractivity contribution in [3.05, 3.63) is 174 Å². The normalized spacial score (nSPS) is 13.3. The van der Waals surface area contributed by atoms with E-state index in [4.69, 9.17) is 27.8 Å². The molecular formula is C66H61B2NO6. The molecule has 4 aliphatic rings. The second-order valence-electron chi connectivity index (χ2n) is 22.9. The summed E-state index contributed by atoms with van der Waals surface area (Å²) in [4.78, 5) is 2.69. The molecule has 75 heavy (non-hydrogen) atoms. The summed E-state index contributed by atoms with van der Waals surface area (Å²) in [6.45, 7) is 20.3. The lowest BCUT2D eigenvalue weighted by atomic mass is 9.32. The van der Waals surface area contributed by atoms with Gasteiger partial charge in [-0.15, -0.1) is 0 Å². The molecule has 4 aliphatic heterocycles. The third-order valence-electron chi connectivity index (χ3n) is 15.8. The van der Waals surface area contributed by atoms with Crippen molar-refractivity contribution in [1.29, 1.82) is 0 Å². The van der Waals surface area contributed by atoms with Crippen LogP contribution in [0.4, 0.5) is 17.1 Å². The first-order valence-electron chi connectivity index (χ1n) is 26.7. The Balaban J connectivity index is 0.845. The lowest BCUT2D eigenvalue weighted by Crippen LogP contribution is -2.63. The molecule has 6 heterocycles. The molecule has 0 N–H and O–H groups in total. The molecule has 2 aromatic heterocycles. The third-order valence-corrected chi connectivity index (χ3v) is 15.8. The van der Waals surface area contributed by atoms with E-state index in [9.17, 15) is 0 Å². The molecule has 0 amide bonds. The van der Waals surface area contributed by atoms with Crippen molar-refractivity contribution in [1.82, 2.24) is 0 Å². The van der Waals surface area contributed by atoms with Crippen LogP contribution in [0.15, 0.2) is 160 Å². The quantitative estimate of drug-likeness (QED) is 0.0794. The molecular weight excluding hydrogens is 924 g/mol. The molecule has 13 rings (SSSR count). The van der Waals surface area contributed by atoms with Crippen LogP contribution in [0.25, 0.3) is 44.5 Å². The van der Waals surface area contributed by atoms with Crippen LogP contribution >= 0.6 is 0 Å². The van der Waals surface area contributed by atoms with Gasteiger partial charge in [0.25, 0.3) is 11.9 Å². The molecule has 0 atom stereocenters. The topological polar surface area (TPSA) is 66.4 Å². The minimum atomic E-state index is -0.0829. The molecule has 7 nitrogen and oxygen atoms in total. The van der Waals surface area contributed by atoms with E-state index in [1.54, 1.807) is 0 Å². The summed E-state index contributed by atoms with van der Waals surface area (Å²) in [7, 11) is 0. The largest absolute Gasteiger partial charge is 0.493 e. The van der Waals surface area contributed by atoms with Gasteiger partial charge in [0.2, 0.25) is 13.4 Å². The number of nitrogens with zero attached hydrogens (tertiary/aromatic N) is 1. The summed E-state index contributed by atoms with van der Waals surface area (Å²) in [5, 5.41) is 0. The van der Waals surface area contributed by atoms with E-state index < -0.39 is 0 Å². The van der Waals surface area contributed by atoms with Crippen molar-refractivity contribution in [3.63, 3.8) is 0 Å². The lowest BCUT2D eigenvalue weighted by Gasteiger charge is -2.43. The first-order valence-corrected chi connectivity index (χ1v) is 26.7. The zero-order chi connectivity index (χ0) is 51.3. The standard InChI is InChI=1S/C66H61B2NO6/c1-40-14-28-60(74-40)72-32-10-30-70-48-22-16-42(17-23-48)44-20-26-54-50(34-44)52-36-46(65(3,4)5)38-58-62(52)67(54)56-12-9-13-57-64(56)69(58)59-39-47(66(6,7)8)37-53-51-35-45(21-27-55(51)68(57)63(53)59)43-18-24-49(25-19-43)71-31-11-33-73-61-29-15-41(2)75-61/h9,12-29,34-39H,10-11,30-33H2,1-8H3. The Morgan fingerprint density at radius 3 is 1.23 bits per heavy atom. The minimum Gasteiger partial charge on any atom is -0.493 e.